The molecule has 0 N–H and O–H groups in total. The molecule has 1 heteroatoms. The molecule has 0 fully saturated rings. The van der Waals surface area contributed by atoms with Crippen LogP contribution >= 0.6 is 0 Å². The minimum absolute atomic E-state index is 0.0784. The Bertz CT molecular complexity index is 461. The summed E-state index contributed by atoms with van der Waals surface area (Å²) in [6, 6.07) is 6.51. The van der Waals surface area contributed by atoms with Gasteiger partial charge in [-0.3, -0.25) is 0 Å². The van der Waals surface area contributed by atoms with Gasteiger partial charge in [0, 0.05) is 23.0 Å². The van der Waals surface area contributed by atoms with Gasteiger partial charge in [-0.15, -0.1) is 0 Å². The van der Waals surface area contributed by atoms with Gasteiger partial charge in [-0.25, -0.2) is 0 Å². The first-order valence-electron chi connectivity index (χ1n) is 5.67. The molecule has 1 heterocycles. The molecule has 0 amide bonds. The van der Waals surface area contributed by atoms with Gasteiger partial charge in [0.05, 0.1) is 0 Å². The van der Waals surface area contributed by atoms with Crippen LogP contribution in [0.25, 0.3) is 11.8 Å². The molecule has 1 aromatic rings. The lowest BCUT2D eigenvalue weighted by Crippen LogP contribution is -2.36. The van der Waals surface area contributed by atoms with Crippen molar-refractivity contribution in [3.8, 4) is 0 Å². The fraction of sp³-hybridized carbons (Fsp3) is 0.333. The molecule has 1 aliphatic rings. The van der Waals surface area contributed by atoms with Crippen LogP contribution in [0.3, 0.4) is 0 Å². The molecule has 0 spiro atoms. The van der Waals surface area contributed by atoms with E-state index in [1.807, 2.05) is 0 Å². The highest BCUT2D eigenvalue weighted by Gasteiger charge is 2.24. The average Bonchev–Trinajstić information content (AvgIpc) is 2.17. The van der Waals surface area contributed by atoms with E-state index in [1.54, 1.807) is 0 Å². The van der Waals surface area contributed by atoms with Gasteiger partial charge >= 0.3 is 0 Å². The van der Waals surface area contributed by atoms with Crippen LogP contribution in [-0.2, 0) is 0 Å². The molecule has 1 nitrogen and oxygen atoms in total. The average molecular weight is 213 g/mol. The van der Waals surface area contributed by atoms with Crippen molar-refractivity contribution in [2.75, 3.05) is 0 Å². The maximum atomic E-state index is 4.22. The summed E-state index contributed by atoms with van der Waals surface area (Å²) in [5, 5.41) is 0. The zero-order valence-corrected chi connectivity index (χ0v) is 10.5. The Kier molecular flexibility index (Phi) is 2.42. The van der Waals surface area contributed by atoms with Crippen LogP contribution < -0.4 is 0 Å². The number of nitrogens with zero attached hydrogens (tertiary/aromatic N) is 1. The summed E-state index contributed by atoms with van der Waals surface area (Å²) < 4.78 is 0. The smallest absolute Gasteiger partial charge is 0.0417 e. The Morgan fingerprint density at radius 2 is 1.88 bits per heavy atom. The van der Waals surface area contributed by atoms with E-state index in [-0.39, 0.29) is 5.54 Å². The standard InChI is InChI=1S/C15H19N/c1-11-6-7-13-8-9-16(15(3,4)5)12(2)14(13)10-11/h6-10H,2H2,1,3-5H3. The molecule has 1 aliphatic heterocycles. The number of benzene rings is 1. The lowest BCUT2D eigenvalue weighted by Gasteiger charge is -2.38. The number of rotatable bonds is 0. The van der Waals surface area contributed by atoms with Crippen molar-refractivity contribution in [1.29, 1.82) is 0 Å². The fourth-order valence-corrected chi connectivity index (χ4v) is 2.07. The second kappa shape index (κ2) is 3.51. The minimum Gasteiger partial charge on any atom is -0.343 e. The molecule has 0 saturated carbocycles. The maximum Gasteiger partial charge on any atom is 0.0417 e. The summed E-state index contributed by atoms with van der Waals surface area (Å²) in [7, 11) is 0. The molecule has 0 atom stereocenters. The van der Waals surface area contributed by atoms with Gasteiger partial charge in [0.2, 0.25) is 0 Å². The molecule has 84 valence electrons. The molecular formula is C15H19N. The van der Waals surface area contributed by atoms with Gasteiger partial charge in [0.15, 0.2) is 0 Å². The summed E-state index contributed by atoms with van der Waals surface area (Å²) >= 11 is 0. The van der Waals surface area contributed by atoms with Crippen molar-refractivity contribution >= 4 is 11.8 Å². The van der Waals surface area contributed by atoms with Gasteiger partial charge in [0.1, 0.15) is 0 Å². The van der Waals surface area contributed by atoms with Crippen LogP contribution in [0.4, 0.5) is 0 Å². The van der Waals surface area contributed by atoms with Crippen molar-refractivity contribution in [2.24, 2.45) is 0 Å². The van der Waals surface area contributed by atoms with Crippen molar-refractivity contribution in [3.05, 3.63) is 47.7 Å². The summed E-state index contributed by atoms with van der Waals surface area (Å²) in [5.74, 6) is 0. The van der Waals surface area contributed by atoms with E-state index < -0.39 is 0 Å². The first-order valence-corrected chi connectivity index (χ1v) is 5.67. The van der Waals surface area contributed by atoms with E-state index in [1.165, 1.54) is 16.7 Å². The SMILES string of the molecule is C=C1c2cc(C)ccc2C=CN1C(C)(C)C. The maximum absolute atomic E-state index is 4.22. The Morgan fingerprint density at radius 3 is 2.50 bits per heavy atom. The molecular weight excluding hydrogens is 194 g/mol. The van der Waals surface area contributed by atoms with Gasteiger partial charge in [-0.05, 0) is 45.4 Å². The van der Waals surface area contributed by atoms with Crippen molar-refractivity contribution < 1.29 is 0 Å². The van der Waals surface area contributed by atoms with Crippen LogP contribution in [0.15, 0.2) is 31.0 Å². The number of hydrogen-bond acceptors (Lipinski definition) is 1. The van der Waals surface area contributed by atoms with Crippen molar-refractivity contribution in [2.45, 2.75) is 33.2 Å². The van der Waals surface area contributed by atoms with Crippen LogP contribution in [0, 0.1) is 6.92 Å². The van der Waals surface area contributed by atoms with Gasteiger partial charge in [0.25, 0.3) is 0 Å². The van der Waals surface area contributed by atoms with Crippen molar-refractivity contribution in [1.82, 2.24) is 4.90 Å². The topological polar surface area (TPSA) is 3.24 Å². The Hall–Kier alpha value is -1.50. The highest BCUT2D eigenvalue weighted by atomic mass is 15.2. The molecule has 0 saturated heterocycles. The molecule has 1 aromatic carbocycles. The molecule has 0 radical (unpaired) electrons. The fourth-order valence-electron chi connectivity index (χ4n) is 2.07. The quantitative estimate of drug-likeness (QED) is 0.628. The highest BCUT2D eigenvalue weighted by Crippen LogP contribution is 2.33. The first kappa shape index (κ1) is 11.0. The third-order valence-corrected chi connectivity index (χ3v) is 2.94. The van der Waals surface area contributed by atoms with Crippen LogP contribution in [0.1, 0.15) is 37.5 Å². The number of fused-ring (bicyclic) bond motifs is 1. The first-order chi connectivity index (χ1) is 7.39. The number of hydrogen-bond donors (Lipinski definition) is 0. The predicted molar refractivity (Wildman–Crippen MR) is 70.8 cm³/mol. The van der Waals surface area contributed by atoms with Gasteiger partial charge < -0.3 is 4.90 Å². The van der Waals surface area contributed by atoms with E-state index in [4.69, 9.17) is 0 Å². The Labute approximate surface area is 98.1 Å². The van der Waals surface area contributed by atoms with Crippen LogP contribution in [-0.4, -0.2) is 10.4 Å². The highest BCUT2D eigenvalue weighted by molar-refractivity contribution is 5.77. The zero-order valence-electron chi connectivity index (χ0n) is 10.5. The second-order valence-electron chi connectivity index (χ2n) is 5.39. The van der Waals surface area contributed by atoms with E-state index in [0.717, 1.165) is 5.70 Å². The van der Waals surface area contributed by atoms with Crippen LogP contribution in [0.5, 0.6) is 0 Å². The summed E-state index contributed by atoms with van der Waals surface area (Å²) in [5.41, 5.74) is 4.96. The Balaban J connectivity index is 2.49. The largest absolute Gasteiger partial charge is 0.343 e. The monoisotopic (exact) mass is 213 g/mol. The lowest BCUT2D eigenvalue weighted by molar-refractivity contribution is 0.297. The van der Waals surface area contributed by atoms with Crippen molar-refractivity contribution in [3.63, 3.8) is 0 Å². The summed E-state index contributed by atoms with van der Waals surface area (Å²) in [6.07, 6.45) is 4.29. The van der Waals surface area contributed by atoms with E-state index in [2.05, 4.69) is 69.6 Å². The lowest BCUT2D eigenvalue weighted by atomic mass is 9.95. The van der Waals surface area contributed by atoms with E-state index >= 15 is 0 Å². The molecule has 0 aliphatic carbocycles. The normalized spacial score (nSPS) is 15.2. The molecule has 2 rings (SSSR count). The van der Waals surface area contributed by atoms with Gasteiger partial charge in [-0.2, -0.15) is 0 Å². The predicted octanol–water partition coefficient (Wildman–Crippen LogP) is 4.05. The third-order valence-electron chi connectivity index (χ3n) is 2.94. The van der Waals surface area contributed by atoms with Crippen LogP contribution in [0.2, 0.25) is 0 Å². The Morgan fingerprint density at radius 1 is 1.19 bits per heavy atom. The minimum atomic E-state index is 0.0784. The third kappa shape index (κ3) is 1.78. The molecule has 0 bridgehead atoms. The second-order valence-corrected chi connectivity index (χ2v) is 5.39. The van der Waals surface area contributed by atoms with Gasteiger partial charge in [-0.1, -0.05) is 24.3 Å². The molecule has 16 heavy (non-hydrogen) atoms. The zero-order chi connectivity index (χ0) is 11.9. The number of aryl methyl sites for hydroxylation is 1. The molecule has 0 aromatic heterocycles. The molecule has 0 unspecified atom stereocenters. The van der Waals surface area contributed by atoms with E-state index in [0.29, 0.717) is 0 Å². The summed E-state index contributed by atoms with van der Waals surface area (Å²) in [4.78, 5) is 2.23. The summed E-state index contributed by atoms with van der Waals surface area (Å²) in [6.45, 7) is 12.9. The van der Waals surface area contributed by atoms with E-state index in [9.17, 15) is 0 Å².